The number of ketones is 1. The quantitative estimate of drug-likeness (QED) is 0.714. The normalized spacial score (nSPS) is 16.4. The Labute approximate surface area is 95.6 Å². The van der Waals surface area contributed by atoms with Crippen LogP contribution in [0.5, 0.6) is 0 Å². The van der Waals surface area contributed by atoms with Gasteiger partial charge in [0.1, 0.15) is 5.69 Å². The predicted octanol–water partition coefficient (Wildman–Crippen LogP) is 2.86. The first-order valence-electron chi connectivity index (χ1n) is 5.80. The monoisotopic (exact) mass is 216 g/mol. The van der Waals surface area contributed by atoms with Gasteiger partial charge in [-0.05, 0) is 38.2 Å². The van der Waals surface area contributed by atoms with Crippen LogP contribution < -0.4 is 0 Å². The summed E-state index contributed by atoms with van der Waals surface area (Å²) >= 11 is 0. The molecule has 0 spiro atoms. The molecule has 0 unspecified atom stereocenters. The molecule has 0 fully saturated rings. The largest absolute Gasteiger partial charge is 0.287 e. The molecule has 0 saturated carbocycles. The lowest BCUT2D eigenvalue weighted by Crippen LogP contribution is -2.06. The van der Waals surface area contributed by atoms with Gasteiger partial charge in [0.05, 0.1) is 11.9 Å². The molecule has 3 heteroatoms. The number of carbonyl (C=O) groups excluding carboxylic acids is 1. The third-order valence-corrected chi connectivity index (χ3v) is 2.85. The Morgan fingerprint density at radius 2 is 2.06 bits per heavy atom. The molecule has 0 bridgehead atoms. The molecule has 2 rings (SSSR count). The number of Topliss-reactive ketones (excluding diaryl/α,β-unsaturated/α-hetero) is 1. The van der Waals surface area contributed by atoms with Crippen molar-refractivity contribution >= 4 is 5.78 Å². The molecule has 0 atom stereocenters. The van der Waals surface area contributed by atoms with Crippen LogP contribution in [0, 0.1) is 6.92 Å². The first-order chi connectivity index (χ1) is 7.77. The van der Waals surface area contributed by atoms with E-state index in [2.05, 4.69) is 16.0 Å². The van der Waals surface area contributed by atoms with Gasteiger partial charge in [0.15, 0.2) is 0 Å². The zero-order valence-corrected chi connectivity index (χ0v) is 9.57. The van der Waals surface area contributed by atoms with Crippen molar-refractivity contribution in [3.63, 3.8) is 0 Å². The minimum absolute atomic E-state index is 0.0504. The van der Waals surface area contributed by atoms with E-state index in [0.29, 0.717) is 5.69 Å². The average Bonchev–Trinajstić information content (AvgIpc) is 2.57. The van der Waals surface area contributed by atoms with Gasteiger partial charge >= 0.3 is 0 Å². The number of hydrogen-bond acceptors (Lipinski definition) is 3. The van der Waals surface area contributed by atoms with Gasteiger partial charge in [-0.3, -0.25) is 9.78 Å². The van der Waals surface area contributed by atoms with Crippen LogP contribution in [0.3, 0.4) is 0 Å². The third-order valence-electron chi connectivity index (χ3n) is 2.85. The van der Waals surface area contributed by atoms with Crippen LogP contribution in [0.1, 0.15) is 48.3 Å². The summed E-state index contributed by atoms with van der Waals surface area (Å²) in [6.45, 7) is 1.87. The SMILES string of the molecule is Cc1cnc(C(=O)C2=CCCCCC2)cn1. The molecule has 1 aliphatic rings. The van der Waals surface area contributed by atoms with Crippen LogP contribution in [-0.2, 0) is 0 Å². The van der Waals surface area contributed by atoms with E-state index < -0.39 is 0 Å². The number of allylic oxidation sites excluding steroid dienone is 2. The average molecular weight is 216 g/mol. The molecule has 0 aliphatic heterocycles. The van der Waals surface area contributed by atoms with E-state index in [-0.39, 0.29) is 5.78 Å². The lowest BCUT2D eigenvalue weighted by molar-refractivity contribution is 0.102. The van der Waals surface area contributed by atoms with Crippen LogP contribution in [0.15, 0.2) is 24.0 Å². The highest BCUT2D eigenvalue weighted by molar-refractivity contribution is 6.07. The van der Waals surface area contributed by atoms with Gasteiger partial charge in [0.25, 0.3) is 0 Å². The maximum absolute atomic E-state index is 12.1. The van der Waals surface area contributed by atoms with Crippen LogP contribution in [0.4, 0.5) is 0 Å². The highest BCUT2D eigenvalue weighted by Crippen LogP contribution is 2.19. The molecule has 1 aliphatic carbocycles. The molecule has 1 aromatic rings. The fourth-order valence-corrected chi connectivity index (χ4v) is 1.90. The second kappa shape index (κ2) is 5.01. The molecule has 16 heavy (non-hydrogen) atoms. The van der Waals surface area contributed by atoms with Crippen LogP contribution >= 0.6 is 0 Å². The third kappa shape index (κ3) is 2.54. The first-order valence-corrected chi connectivity index (χ1v) is 5.80. The molecule has 1 aromatic heterocycles. The first kappa shape index (κ1) is 11.0. The minimum Gasteiger partial charge on any atom is -0.287 e. The summed E-state index contributed by atoms with van der Waals surface area (Å²) < 4.78 is 0. The lowest BCUT2D eigenvalue weighted by Gasteiger charge is -2.03. The number of rotatable bonds is 2. The molecule has 0 amide bonds. The summed E-state index contributed by atoms with van der Waals surface area (Å²) in [5, 5.41) is 0. The Morgan fingerprint density at radius 3 is 2.81 bits per heavy atom. The van der Waals surface area contributed by atoms with E-state index in [1.807, 2.05) is 6.92 Å². The number of aryl methyl sites for hydroxylation is 1. The molecule has 0 saturated heterocycles. The summed E-state index contributed by atoms with van der Waals surface area (Å²) in [4.78, 5) is 20.3. The van der Waals surface area contributed by atoms with E-state index >= 15 is 0 Å². The lowest BCUT2D eigenvalue weighted by atomic mass is 10.0. The summed E-state index contributed by atoms with van der Waals surface area (Å²) in [5.41, 5.74) is 2.22. The van der Waals surface area contributed by atoms with Gasteiger partial charge in [-0.15, -0.1) is 0 Å². The van der Waals surface area contributed by atoms with Crippen LogP contribution in [-0.4, -0.2) is 15.8 Å². The summed E-state index contributed by atoms with van der Waals surface area (Å²) in [6, 6.07) is 0. The highest BCUT2D eigenvalue weighted by atomic mass is 16.1. The zero-order chi connectivity index (χ0) is 11.4. The predicted molar refractivity (Wildman–Crippen MR) is 62.3 cm³/mol. The summed E-state index contributed by atoms with van der Waals surface area (Å²) in [7, 11) is 0. The molecule has 1 heterocycles. The second-order valence-corrected chi connectivity index (χ2v) is 4.20. The maximum atomic E-state index is 12.1. The van der Waals surface area contributed by atoms with Crippen molar-refractivity contribution < 1.29 is 4.79 Å². The van der Waals surface area contributed by atoms with Crippen LogP contribution in [0.25, 0.3) is 0 Å². The van der Waals surface area contributed by atoms with Gasteiger partial charge in [-0.1, -0.05) is 12.5 Å². The summed E-state index contributed by atoms with van der Waals surface area (Å²) in [5.74, 6) is 0.0504. The van der Waals surface area contributed by atoms with Crippen molar-refractivity contribution in [3.05, 3.63) is 35.4 Å². The molecule has 0 N–H and O–H groups in total. The highest BCUT2D eigenvalue weighted by Gasteiger charge is 2.14. The van der Waals surface area contributed by atoms with Gasteiger partial charge in [0, 0.05) is 6.20 Å². The van der Waals surface area contributed by atoms with E-state index in [9.17, 15) is 4.79 Å². The number of hydrogen-bond donors (Lipinski definition) is 0. The Balaban J connectivity index is 2.17. The van der Waals surface area contributed by atoms with Gasteiger partial charge in [-0.2, -0.15) is 0 Å². The van der Waals surface area contributed by atoms with E-state index in [1.165, 1.54) is 12.8 Å². The summed E-state index contributed by atoms with van der Waals surface area (Å²) in [6.07, 6.45) is 10.7. The van der Waals surface area contributed by atoms with Crippen molar-refractivity contribution in [3.8, 4) is 0 Å². The Kier molecular flexibility index (Phi) is 3.44. The molecular weight excluding hydrogens is 200 g/mol. The molecular formula is C13H16N2O. The Bertz CT molecular complexity index is 406. The van der Waals surface area contributed by atoms with E-state index in [4.69, 9.17) is 0 Å². The molecule has 3 nitrogen and oxygen atoms in total. The number of carbonyl (C=O) groups is 1. The van der Waals surface area contributed by atoms with Crippen molar-refractivity contribution in [1.29, 1.82) is 0 Å². The number of aromatic nitrogens is 2. The number of nitrogens with zero attached hydrogens (tertiary/aromatic N) is 2. The Morgan fingerprint density at radius 1 is 1.19 bits per heavy atom. The maximum Gasteiger partial charge on any atom is 0.208 e. The van der Waals surface area contributed by atoms with Crippen LogP contribution in [0.2, 0.25) is 0 Å². The fourth-order valence-electron chi connectivity index (χ4n) is 1.90. The smallest absolute Gasteiger partial charge is 0.208 e. The fraction of sp³-hybridized carbons (Fsp3) is 0.462. The van der Waals surface area contributed by atoms with Gasteiger partial charge in [0.2, 0.25) is 5.78 Å². The van der Waals surface area contributed by atoms with Gasteiger partial charge < -0.3 is 0 Å². The van der Waals surface area contributed by atoms with E-state index in [0.717, 1.165) is 30.5 Å². The van der Waals surface area contributed by atoms with Crippen molar-refractivity contribution in [2.45, 2.75) is 39.0 Å². The minimum atomic E-state index is 0.0504. The Hall–Kier alpha value is -1.51. The standard InChI is InChI=1S/C13H16N2O/c1-10-8-15-12(9-14-10)13(16)11-6-4-2-3-5-7-11/h6,8-9H,2-5,7H2,1H3. The molecule has 0 radical (unpaired) electrons. The topological polar surface area (TPSA) is 42.9 Å². The zero-order valence-electron chi connectivity index (χ0n) is 9.57. The molecule has 84 valence electrons. The molecule has 0 aromatic carbocycles. The van der Waals surface area contributed by atoms with Crippen molar-refractivity contribution in [1.82, 2.24) is 9.97 Å². The van der Waals surface area contributed by atoms with Crippen molar-refractivity contribution in [2.75, 3.05) is 0 Å². The van der Waals surface area contributed by atoms with Crippen molar-refractivity contribution in [2.24, 2.45) is 0 Å². The second-order valence-electron chi connectivity index (χ2n) is 4.20. The van der Waals surface area contributed by atoms with E-state index in [1.54, 1.807) is 12.4 Å². The van der Waals surface area contributed by atoms with Gasteiger partial charge in [-0.25, -0.2) is 4.98 Å².